The lowest BCUT2D eigenvalue weighted by Gasteiger charge is -2.14. The summed E-state index contributed by atoms with van der Waals surface area (Å²) in [6.07, 6.45) is 0. The number of rotatable bonds is 8. The van der Waals surface area contributed by atoms with Crippen molar-refractivity contribution in [3.63, 3.8) is 0 Å². The molecule has 168 valence electrons. The number of sulfonamides is 1. The molecule has 0 aliphatic carbocycles. The molecule has 1 amide bonds. The number of amides is 1. The Bertz CT molecular complexity index is 1250. The lowest BCUT2D eigenvalue weighted by atomic mass is 10.2. The molecule has 0 spiro atoms. The molecule has 2 N–H and O–H groups in total. The van der Waals surface area contributed by atoms with E-state index in [1.807, 2.05) is 0 Å². The summed E-state index contributed by atoms with van der Waals surface area (Å²) in [5.74, 6) is 0.737. The Morgan fingerprint density at radius 2 is 1.53 bits per heavy atom. The number of carbonyl (C=O) groups is 1. The number of ether oxygens (including phenoxy) is 3. The van der Waals surface area contributed by atoms with Gasteiger partial charge < -0.3 is 19.5 Å². The summed E-state index contributed by atoms with van der Waals surface area (Å²) in [5, 5.41) is 3.05. The van der Waals surface area contributed by atoms with Crippen molar-refractivity contribution >= 4 is 38.9 Å². The van der Waals surface area contributed by atoms with Gasteiger partial charge >= 0.3 is 0 Å². The first-order valence-corrected chi connectivity index (χ1v) is 11.1. The average molecular weight is 477 g/mol. The molecule has 3 rings (SSSR count). The van der Waals surface area contributed by atoms with Crippen LogP contribution in [0.2, 0.25) is 5.02 Å². The average Bonchev–Trinajstić information content (AvgIpc) is 2.79. The molecule has 0 saturated carbocycles. The number of nitrogens with one attached hydrogen (secondary N) is 2. The Labute approximate surface area is 191 Å². The maximum absolute atomic E-state index is 12.9. The molecule has 0 saturated heterocycles. The Balaban J connectivity index is 1.88. The summed E-state index contributed by atoms with van der Waals surface area (Å²) in [7, 11) is 0.363. The third-order valence-electron chi connectivity index (χ3n) is 4.47. The fourth-order valence-corrected chi connectivity index (χ4v) is 4.15. The van der Waals surface area contributed by atoms with E-state index in [1.165, 1.54) is 51.7 Å². The van der Waals surface area contributed by atoms with Crippen LogP contribution < -0.4 is 24.2 Å². The highest BCUT2D eigenvalue weighted by Gasteiger charge is 2.19. The van der Waals surface area contributed by atoms with Crippen LogP contribution in [0.5, 0.6) is 17.2 Å². The van der Waals surface area contributed by atoms with Crippen LogP contribution >= 0.6 is 11.6 Å². The van der Waals surface area contributed by atoms with Crippen LogP contribution in [-0.4, -0.2) is 35.7 Å². The smallest absolute Gasteiger partial charge is 0.262 e. The largest absolute Gasteiger partial charge is 0.497 e. The number of methoxy groups -OCH3 is 3. The third kappa shape index (κ3) is 5.24. The molecule has 10 heteroatoms. The highest BCUT2D eigenvalue weighted by Crippen LogP contribution is 2.31. The van der Waals surface area contributed by atoms with E-state index < -0.39 is 15.9 Å². The van der Waals surface area contributed by atoms with Crippen molar-refractivity contribution in [3.05, 3.63) is 71.2 Å². The maximum Gasteiger partial charge on any atom is 0.262 e. The van der Waals surface area contributed by atoms with Crippen molar-refractivity contribution in [2.24, 2.45) is 0 Å². The molecule has 3 aromatic rings. The maximum atomic E-state index is 12.9. The SMILES string of the molecule is COc1ccc(OC)c(NC(=O)c2cccc(S(=O)(=O)Nc3cc(Cl)ccc3OC)c2)c1. The minimum atomic E-state index is -4.03. The van der Waals surface area contributed by atoms with E-state index in [1.54, 1.807) is 30.3 Å². The van der Waals surface area contributed by atoms with Gasteiger partial charge in [-0.05, 0) is 48.5 Å². The second kappa shape index (κ2) is 9.80. The van der Waals surface area contributed by atoms with Crippen LogP contribution in [0.1, 0.15) is 10.4 Å². The zero-order valence-corrected chi connectivity index (χ0v) is 19.1. The summed E-state index contributed by atoms with van der Waals surface area (Å²) < 4.78 is 43.9. The Kier molecular flexibility index (Phi) is 7.12. The Morgan fingerprint density at radius 1 is 0.844 bits per heavy atom. The van der Waals surface area contributed by atoms with E-state index in [9.17, 15) is 13.2 Å². The first kappa shape index (κ1) is 23.2. The van der Waals surface area contributed by atoms with Gasteiger partial charge in [0.05, 0.1) is 37.6 Å². The van der Waals surface area contributed by atoms with Crippen LogP contribution in [-0.2, 0) is 10.0 Å². The lowest BCUT2D eigenvalue weighted by Crippen LogP contribution is -2.16. The van der Waals surface area contributed by atoms with Gasteiger partial charge in [0.15, 0.2) is 0 Å². The zero-order chi connectivity index (χ0) is 23.3. The van der Waals surface area contributed by atoms with Crippen molar-refractivity contribution in [2.75, 3.05) is 31.4 Å². The first-order valence-electron chi connectivity index (χ1n) is 9.27. The molecule has 0 fully saturated rings. The Morgan fingerprint density at radius 3 is 2.22 bits per heavy atom. The molecule has 8 nitrogen and oxygen atoms in total. The Hall–Kier alpha value is -3.43. The van der Waals surface area contributed by atoms with Crippen LogP contribution in [0.25, 0.3) is 0 Å². The van der Waals surface area contributed by atoms with Gasteiger partial charge in [0.25, 0.3) is 15.9 Å². The zero-order valence-electron chi connectivity index (χ0n) is 17.5. The van der Waals surface area contributed by atoms with E-state index in [0.29, 0.717) is 28.0 Å². The molecule has 0 bridgehead atoms. The number of halogens is 1. The van der Waals surface area contributed by atoms with E-state index >= 15 is 0 Å². The fourth-order valence-electron chi connectivity index (χ4n) is 2.87. The van der Waals surface area contributed by atoms with Crippen LogP contribution in [0.4, 0.5) is 11.4 Å². The fraction of sp³-hybridized carbons (Fsp3) is 0.136. The normalized spacial score (nSPS) is 10.9. The number of hydrogen-bond donors (Lipinski definition) is 2. The number of benzene rings is 3. The molecule has 0 aliphatic heterocycles. The summed E-state index contributed by atoms with van der Waals surface area (Å²) in [6.45, 7) is 0. The molecular formula is C22H21ClN2O6S. The van der Waals surface area contributed by atoms with Crippen molar-refractivity contribution in [1.82, 2.24) is 0 Å². The van der Waals surface area contributed by atoms with Crippen LogP contribution in [0.15, 0.2) is 65.6 Å². The predicted molar refractivity (Wildman–Crippen MR) is 123 cm³/mol. The summed E-state index contributed by atoms with van der Waals surface area (Å²) in [6, 6.07) is 15.1. The van der Waals surface area contributed by atoms with Crippen molar-refractivity contribution in [1.29, 1.82) is 0 Å². The first-order chi connectivity index (χ1) is 15.3. The van der Waals surface area contributed by atoms with Crippen LogP contribution in [0, 0.1) is 0 Å². The molecule has 0 unspecified atom stereocenters. The van der Waals surface area contributed by atoms with Gasteiger partial charge in [-0.15, -0.1) is 0 Å². The van der Waals surface area contributed by atoms with Gasteiger partial charge in [-0.1, -0.05) is 17.7 Å². The van der Waals surface area contributed by atoms with Gasteiger partial charge in [-0.2, -0.15) is 0 Å². The second-order valence-electron chi connectivity index (χ2n) is 6.50. The van der Waals surface area contributed by atoms with E-state index in [2.05, 4.69) is 10.0 Å². The topological polar surface area (TPSA) is 103 Å². The van der Waals surface area contributed by atoms with Gasteiger partial charge in [-0.25, -0.2) is 8.42 Å². The van der Waals surface area contributed by atoms with Crippen molar-refractivity contribution in [3.8, 4) is 17.2 Å². The molecule has 32 heavy (non-hydrogen) atoms. The van der Waals surface area contributed by atoms with Crippen molar-refractivity contribution in [2.45, 2.75) is 4.90 Å². The summed E-state index contributed by atoms with van der Waals surface area (Å²) in [4.78, 5) is 12.7. The summed E-state index contributed by atoms with van der Waals surface area (Å²) >= 11 is 5.98. The van der Waals surface area contributed by atoms with Gasteiger partial charge in [0.1, 0.15) is 17.2 Å². The molecular weight excluding hydrogens is 456 g/mol. The summed E-state index contributed by atoms with van der Waals surface area (Å²) in [5.41, 5.74) is 0.693. The van der Waals surface area contributed by atoms with Gasteiger partial charge in [-0.3, -0.25) is 9.52 Å². The molecule has 0 heterocycles. The molecule has 0 aromatic heterocycles. The van der Waals surface area contributed by atoms with Crippen molar-refractivity contribution < 1.29 is 27.4 Å². The predicted octanol–water partition coefficient (Wildman–Crippen LogP) is 4.42. The van der Waals surface area contributed by atoms with Crippen LogP contribution in [0.3, 0.4) is 0 Å². The number of anilines is 2. The second-order valence-corrected chi connectivity index (χ2v) is 8.62. The van der Waals surface area contributed by atoms with E-state index in [4.69, 9.17) is 25.8 Å². The monoisotopic (exact) mass is 476 g/mol. The van der Waals surface area contributed by atoms with E-state index in [-0.39, 0.29) is 16.1 Å². The molecule has 0 aliphatic rings. The molecule has 0 atom stereocenters. The standard InChI is InChI=1S/C22H21ClN2O6S/c1-29-16-8-10-20(30-2)18(13-16)24-22(26)14-5-4-6-17(11-14)32(27,28)25-19-12-15(23)7-9-21(19)31-3/h4-13,25H,1-3H3,(H,24,26). The highest BCUT2D eigenvalue weighted by atomic mass is 35.5. The quantitative estimate of drug-likeness (QED) is 0.499. The third-order valence-corrected chi connectivity index (χ3v) is 6.07. The molecule has 0 radical (unpaired) electrons. The van der Waals surface area contributed by atoms with E-state index in [0.717, 1.165) is 0 Å². The lowest BCUT2D eigenvalue weighted by molar-refractivity contribution is 0.102. The minimum absolute atomic E-state index is 0.107. The number of carbonyl (C=O) groups excluding carboxylic acids is 1. The van der Waals surface area contributed by atoms with Gasteiger partial charge in [0.2, 0.25) is 0 Å². The highest BCUT2D eigenvalue weighted by molar-refractivity contribution is 7.92. The minimum Gasteiger partial charge on any atom is -0.497 e. The number of hydrogen-bond acceptors (Lipinski definition) is 6. The molecule has 3 aromatic carbocycles. The van der Waals surface area contributed by atoms with Gasteiger partial charge in [0, 0.05) is 16.7 Å².